The van der Waals surface area contributed by atoms with E-state index in [-0.39, 0.29) is 0 Å². The number of aryl methyl sites for hydroxylation is 2. The molecular weight excluding hydrogens is 226 g/mol. The molecule has 0 amide bonds. The van der Waals surface area contributed by atoms with Gasteiger partial charge in [0, 0.05) is 24.8 Å². The number of aromatic nitrogens is 2. The summed E-state index contributed by atoms with van der Waals surface area (Å²) in [5.74, 6) is 2.71. The van der Waals surface area contributed by atoms with E-state index in [2.05, 4.69) is 28.7 Å². The Morgan fingerprint density at radius 2 is 2.06 bits per heavy atom. The molecule has 2 aliphatic rings. The van der Waals surface area contributed by atoms with Crippen LogP contribution in [0.2, 0.25) is 0 Å². The van der Waals surface area contributed by atoms with Crippen LogP contribution >= 0.6 is 0 Å². The molecule has 18 heavy (non-hydrogen) atoms. The van der Waals surface area contributed by atoms with Gasteiger partial charge in [-0.2, -0.15) is 0 Å². The number of hydrogen-bond acceptors (Lipinski definition) is 4. The van der Waals surface area contributed by atoms with Gasteiger partial charge in [0.25, 0.3) is 0 Å². The Bertz CT molecular complexity index is 445. The van der Waals surface area contributed by atoms with E-state index in [4.69, 9.17) is 4.74 Å². The minimum atomic E-state index is 0.291. The Labute approximate surface area is 108 Å². The van der Waals surface area contributed by atoms with Gasteiger partial charge in [0.15, 0.2) is 0 Å². The molecule has 2 unspecified atom stereocenters. The Hall–Kier alpha value is -1.16. The lowest BCUT2D eigenvalue weighted by Gasteiger charge is -2.38. The first-order chi connectivity index (χ1) is 8.63. The Balaban J connectivity index is 1.83. The lowest BCUT2D eigenvalue weighted by Crippen LogP contribution is -2.48. The fourth-order valence-electron chi connectivity index (χ4n) is 2.73. The molecule has 2 atom stereocenters. The average molecular weight is 247 g/mol. The molecule has 1 aromatic rings. The molecule has 0 bridgehead atoms. The molecule has 2 fully saturated rings. The second-order valence-electron chi connectivity index (χ2n) is 5.65. The minimum absolute atomic E-state index is 0.291. The van der Waals surface area contributed by atoms with E-state index >= 15 is 0 Å². The Morgan fingerprint density at radius 3 is 2.78 bits per heavy atom. The van der Waals surface area contributed by atoms with Crippen molar-refractivity contribution in [1.82, 2.24) is 9.97 Å². The van der Waals surface area contributed by atoms with Gasteiger partial charge in [-0.1, -0.05) is 0 Å². The van der Waals surface area contributed by atoms with Crippen molar-refractivity contribution in [2.24, 2.45) is 5.92 Å². The number of rotatable bonds is 2. The van der Waals surface area contributed by atoms with Gasteiger partial charge in [0.1, 0.15) is 11.6 Å². The molecule has 1 saturated heterocycles. The predicted octanol–water partition coefficient (Wildman–Crippen LogP) is 2.10. The van der Waals surface area contributed by atoms with Crippen molar-refractivity contribution < 1.29 is 4.74 Å². The van der Waals surface area contributed by atoms with Crippen molar-refractivity contribution in [1.29, 1.82) is 0 Å². The molecule has 3 rings (SSSR count). The predicted molar refractivity (Wildman–Crippen MR) is 70.8 cm³/mol. The highest BCUT2D eigenvalue weighted by Gasteiger charge is 2.37. The third kappa shape index (κ3) is 2.34. The quantitative estimate of drug-likeness (QED) is 0.802. The van der Waals surface area contributed by atoms with Crippen LogP contribution in [0, 0.1) is 19.8 Å². The number of ether oxygens (including phenoxy) is 1. The summed E-state index contributed by atoms with van der Waals surface area (Å²) in [5.41, 5.74) is 1.16. The molecule has 2 heterocycles. The highest BCUT2D eigenvalue weighted by molar-refractivity contribution is 5.46. The normalized spacial score (nSPS) is 28.5. The summed E-state index contributed by atoms with van der Waals surface area (Å²) in [4.78, 5) is 11.2. The first-order valence-electron chi connectivity index (χ1n) is 6.84. The topological polar surface area (TPSA) is 38.2 Å². The van der Waals surface area contributed by atoms with Gasteiger partial charge < -0.3 is 9.64 Å². The molecule has 1 aromatic heterocycles. The summed E-state index contributed by atoms with van der Waals surface area (Å²) in [7, 11) is 0. The van der Waals surface area contributed by atoms with Crippen LogP contribution in [0.3, 0.4) is 0 Å². The van der Waals surface area contributed by atoms with E-state index in [1.165, 1.54) is 12.8 Å². The highest BCUT2D eigenvalue weighted by Crippen LogP contribution is 2.37. The zero-order valence-electron chi connectivity index (χ0n) is 11.4. The van der Waals surface area contributed by atoms with Gasteiger partial charge in [-0.15, -0.1) is 0 Å². The molecule has 1 aliphatic carbocycles. The molecular formula is C14H21N3O. The minimum Gasteiger partial charge on any atom is -0.371 e. The van der Waals surface area contributed by atoms with Crippen LogP contribution in [0.5, 0.6) is 0 Å². The van der Waals surface area contributed by atoms with Crippen LogP contribution in [0.4, 0.5) is 5.82 Å². The van der Waals surface area contributed by atoms with Crippen LogP contribution in [0.25, 0.3) is 0 Å². The standard InChI is InChI=1S/C14H21N3O/c1-9-6-15-11(3)16-14(9)17-7-10(2)18-13(8-17)12-4-5-12/h6,10,12-13H,4-5,7-8H2,1-3H3. The Kier molecular flexibility index (Phi) is 2.98. The van der Waals surface area contributed by atoms with E-state index in [1.54, 1.807) is 0 Å². The molecule has 98 valence electrons. The van der Waals surface area contributed by atoms with Gasteiger partial charge in [0.2, 0.25) is 0 Å². The molecule has 0 N–H and O–H groups in total. The van der Waals surface area contributed by atoms with E-state index < -0.39 is 0 Å². The lowest BCUT2D eigenvalue weighted by atomic mass is 10.1. The van der Waals surface area contributed by atoms with E-state index in [9.17, 15) is 0 Å². The smallest absolute Gasteiger partial charge is 0.135 e. The van der Waals surface area contributed by atoms with Crippen molar-refractivity contribution in [2.45, 2.75) is 45.8 Å². The summed E-state index contributed by atoms with van der Waals surface area (Å²) in [6.07, 6.45) is 5.26. The zero-order valence-corrected chi connectivity index (χ0v) is 11.4. The van der Waals surface area contributed by atoms with Crippen LogP contribution < -0.4 is 4.90 Å². The molecule has 1 saturated carbocycles. The summed E-state index contributed by atoms with van der Waals surface area (Å²) in [5, 5.41) is 0. The Morgan fingerprint density at radius 1 is 1.28 bits per heavy atom. The molecule has 1 aliphatic heterocycles. The van der Waals surface area contributed by atoms with Crippen molar-refractivity contribution in [2.75, 3.05) is 18.0 Å². The van der Waals surface area contributed by atoms with Crippen molar-refractivity contribution >= 4 is 5.82 Å². The summed E-state index contributed by atoms with van der Waals surface area (Å²) in [6, 6.07) is 0. The maximum Gasteiger partial charge on any atom is 0.135 e. The third-order valence-electron chi connectivity index (χ3n) is 3.80. The second kappa shape index (κ2) is 4.50. The molecule has 0 aromatic carbocycles. The zero-order chi connectivity index (χ0) is 12.7. The van der Waals surface area contributed by atoms with Gasteiger partial charge in [-0.3, -0.25) is 0 Å². The molecule has 0 spiro atoms. The second-order valence-corrected chi connectivity index (χ2v) is 5.65. The highest BCUT2D eigenvalue weighted by atomic mass is 16.5. The lowest BCUT2D eigenvalue weighted by molar-refractivity contribution is -0.0274. The van der Waals surface area contributed by atoms with Gasteiger partial charge in [0.05, 0.1) is 12.2 Å². The largest absolute Gasteiger partial charge is 0.371 e. The van der Waals surface area contributed by atoms with Crippen LogP contribution in [0.1, 0.15) is 31.2 Å². The number of anilines is 1. The SMILES string of the molecule is Cc1ncc(C)c(N2CC(C)OC(C3CC3)C2)n1. The monoisotopic (exact) mass is 247 g/mol. The van der Waals surface area contributed by atoms with E-state index in [0.29, 0.717) is 12.2 Å². The molecule has 0 radical (unpaired) electrons. The third-order valence-corrected chi connectivity index (χ3v) is 3.80. The molecule has 4 nitrogen and oxygen atoms in total. The maximum absolute atomic E-state index is 6.05. The summed E-state index contributed by atoms with van der Waals surface area (Å²) in [6.45, 7) is 8.10. The van der Waals surface area contributed by atoms with E-state index in [1.807, 2.05) is 13.1 Å². The number of nitrogens with zero attached hydrogens (tertiary/aromatic N) is 3. The summed E-state index contributed by atoms with van der Waals surface area (Å²) < 4.78 is 6.05. The fraction of sp³-hybridized carbons (Fsp3) is 0.714. The molecule has 4 heteroatoms. The van der Waals surface area contributed by atoms with Crippen LogP contribution in [-0.2, 0) is 4.74 Å². The van der Waals surface area contributed by atoms with Crippen molar-refractivity contribution in [3.05, 3.63) is 17.6 Å². The van der Waals surface area contributed by atoms with Crippen molar-refractivity contribution in [3.63, 3.8) is 0 Å². The number of hydrogen-bond donors (Lipinski definition) is 0. The number of morpholine rings is 1. The fourth-order valence-corrected chi connectivity index (χ4v) is 2.73. The van der Waals surface area contributed by atoms with Crippen molar-refractivity contribution in [3.8, 4) is 0 Å². The van der Waals surface area contributed by atoms with Crippen LogP contribution in [0.15, 0.2) is 6.20 Å². The van der Waals surface area contributed by atoms with E-state index in [0.717, 1.165) is 36.2 Å². The van der Waals surface area contributed by atoms with Crippen LogP contribution in [-0.4, -0.2) is 35.3 Å². The average Bonchev–Trinajstić information content (AvgIpc) is 3.15. The first-order valence-corrected chi connectivity index (χ1v) is 6.84. The summed E-state index contributed by atoms with van der Waals surface area (Å²) >= 11 is 0. The van der Waals surface area contributed by atoms with Gasteiger partial charge in [-0.25, -0.2) is 9.97 Å². The van der Waals surface area contributed by atoms with Gasteiger partial charge >= 0.3 is 0 Å². The first kappa shape index (κ1) is 11.9. The maximum atomic E-state index is 6.05. The van der Waals surface area contributed by atoms with Gasteiger partial charge in [-0.05, 0) is 39.5 Å².